The van der Waals surface area contributed by atoms with Crippen LogP contribution in [0.15, 0.2) is 18.2 Å². The highest BCUT2D eigenvalue weighted by molar-refractivity contribution is 6.31. The Morgan fingerprint density at radius 2 is 2.19 bits per heavy atom. The van der Waals surface area contributed by atoms with Crippen LogP contribution < -0.4 is 0 Å². The van der Waals surface area contributed by atoms with Gasteiger partial charge in [-0.15, -0.1) is 0 Å². The molecule has 1 aromatic heterocycles. The van der Waals surface area contributed by atoms with Crippen LogP contribution >= 0.6 is 11.6 Å². The quantitative estimate of drug-likeness (QED) is 0.893. The first-order valence-corrected chi connectivity index (χ1v) is 5.75. The summed E-state index contributed by atoms with van der Waals surface area (Å²) in [5, 5.41) is 9.98. The van der Waals surface area contributed by atoms with Gasteiger partial charge >= 0.3 is 0 Å². The Balaban J connectivity index is 2.60. The van der Waals surface area contributed by atoms with Gasteiger partial charge in [-0.1, -0.05) is 25.4 Å². The molecule has 0 atom stereocenters. The lowest BCUT2D eigenvalue weighted by molar-refractivity contribution is 0.263. The summed E-state index contributed by atoms with van der Waals surface area (Å²) in [5.41, 5.74) is 1.87. The molecule has 3 nitrogen and oxygen atoms in total. The van der Waals surface area contributed by atoms with Crippen LogP contribution in [0.25, 0.3) is 11.0 Å². The van der Waals surface area contributed by atoms with Crippen LogP contribution in [0.3, 0.4) is 0 Å². The van der Waals surface area contributed by atoms with Crippen LogP contribution in [-0.2, 0) is 13.2 Å². The molecular weight excluding hydrogens is 224 g/mol. The summed E-state index contributed by atoms with van der Waals surface area (Å²) < 4.78 is 2.03. The Hall–Kier alpha value is -1.06. The zero-order chi connectivity index (χ0) is 11.7. The molecule has 0 radical (unpaired) electrons. The van der Waals surface area contributed by atoms with Crippen molar-refractivity contribution in [1.29, 1.82) is 0 Å². The highest BCUT2D eigenvalue weighted by Gasteiger charge is 2.11. The monoisotopic (exact) mass is 238 g/mol. The Labute approximate surface area is 99.7 Å². The van der Waals surface area contributed by atoms with Crippen molar-refractivity contribution in [3.05, 3.63) is 29.0 Å². The molecule has 0 aliphatic carbocycles. The first kappa shape index (κ1) is 11.4. The van der Waals surface area contributed by atoms with E-state index in [1.807, 2.05) is 22.8 Å². The molecule has 0 aliphatic rings. The first-order valence-electron chi connectivity index (χ1n) is 5.37. The van der Waals surface area contributed by atoms with E-state index in [1.165, 1.54) is 0 Å². The predicted octanol–water partition coefficient (Wildman–Crippen LogP) is 2.84. The second-order valence-corrected chi connectivity index (χ2v) is 4.76. The van der Waals surface area contributed by atoms with Crippen molar-refractivity contribution in [2.24, 2.45) is 5.92 Å². The lowest BCUT2D eigenvalue weighted by Gasteiger charge is -2.10. The van der Waals surface area contributed by atoms with E-state index in [4.69, 9.17) is 11.6 Å². The molecule has 0 saturated carbocycles. The van der Waals surface area contributed by atoms with E-state index in [9.17, 15) is 5.11 Å². The van der Waals surface area contributed by atoms with Crippen molar-refractivity contribution >= 4 is 22.6 Å². The fourth-order valence-electron chi connectivity index (χ4n) is 1.84. The zero-order valence-electron chi connectivity index (χ0n) is 9.44. The highest BCUT2D eigenvalue weighted by Crippen LogP contribution is 2.21. The molecule has 0 bridgehead atoms. The van der Waals surface area contributed by atoms with E-state index in [0.29, 0.717) is 16.8 Å². The van der Waals surface area contributed by atoms with Crippen LogP contribution in [0.2, 0.25) is 5.02 Å². The second kappa shape index (κ2) is 4.44. The van der Waals surface area contributed by atoms with Gasteiger partial charge in [-0.25, -0.2) is 4.98 Å². The van der Waals surface area contributed by atoms with Gasteiger partial charge in [0.25, 0.3) is 0 Å². The van der Waals surface area contributed by atoms with Gasteiger partial charge in [0.2, 0.25) is 0 Å². The minimum absolute atomic E-state index is 0.0426. The zero-order valence-corrected chi connectivity index (χ0v) is 10.2. The number of imidazole rings is 1. The molecule has 86 valence electrons. The molecule has 2 rings (SSSR count). The lowest BCUT2D eigenvalue weighted by atomic mass is 10.2. The molecule has 0 amide bonds. The highest BCUT2D eigenvalue weighted by atomic mass is 35.5. The minimum atomic E-state index is -0.0426. The first-order chi connectivity index (χ1) is 7.61. The average Bonchev–Trinajstić information content (AvgIpc) is 2.56. The van der Waals surface area contributed by atoms with E-state index in [-0.39, 0.29) is 6.61 Å². The largest absolute Gasteiger partial charge is 0.388 e. The van der Waals surface area contributed by atoms with Crippen LogP contribution in [0, 0.1) is 5.92 Å². The van der Waals surface area contributed by atoms with Gasteiger partial charge in [-0.05, 0) is 24.1 Å². The maximum Gasteiger partial charge on any atom is 0.135 e. The van der Waals surface area contributed by atoms with E-state index in [0.717, 1.165) is 17.6 Å². The number of hydrogen-bond donors (Lipinski definition) is 1. The summed E-state index contributed by atoms with van der Waals surface area (Å²) in [4.78, 5) is 4.38. The molecular formula is C12H15ClN2O. The van der Waals surface area contributed by atoms with Crippen molar-refractivity contribution in [2.75, 3.05) is 0 Å². The van der Waals surface area contributed by atoms with E-state index < -0.39 is 0 Å². The van der Waals surface area contributed by atoms with Crippen molar-refractivity contribution < 1.29 is 5.11 Å². The van der Waals surface area contributed by atoms with Gasteiger partial charge in [-0.3, -0.25) is 0 Å². The van der Waals surface area contributed by atoms with Crippen molar-refractivity contribution in [3.63, 3.8) is 0 Å². The smallest absolute Gasteiger partial charge is 0.135 e. The SMILES string of the molecule is CC(C)Cn1c(CO)nc2ccc(Cl)cc21. The number of aliphatic hydroxyl groups excluding tert-OH is 1. The number of nitrogens with zero attached hydrogens (tertiary/aromatic N) is 2. The Morgan fingerprint density at radius 1 is 1.44 bits per heavy atom. The molecule has 0 fully saturated rings. The summed E-state index contributed by atoms with van der Waals surface area (Å²) in [6.45, 7) is 5.07. The van der Waals surface area contributed by atoms with Crippen LogP contribution in [0.4, 0.5) is 0 Å². The fourth-order valence-corrected chi connectivity index (χ4v) is 2.00. The van der Waals surface area contributed by atoms with Crippen molar-refractivity contribution in [1.82, 2.24) is 9.55 Å². The Kier molecular flexibility index (Phi) is 3.17. The molecule has 0 aliphatic heterocycles. The van der Waals surface area contributed by atoms with Crippen molar-refractivity contribution in [2.45, 2.75) is 27.0 Å². The summed E-state index contributed by atoms with van der Waals surface area (Å²) in [6, 6.07) is 5.59. The number of rotatable bonds is 3. The van der Waals surface area contributed by atoms with Gasteiger partial charge in [0.15, 0.2) is 0 Å². The third-order valence-electron chi connectivity index (χ3n) is 2.48. The molecule has 2 aromatic rings. The lowest BCUT2D eigenvalue weighted by Crippen LogP contribution is -2.08. The normalized spacial score (nSPS) is 11.6. The van der Waals surface area contributed by atoms with Gasteiger partial charge in [0, 0.05) is 11.6 Å². The van der Waals surface area contributed by atoms with Gasteiger partial charge in [0.1, 0.15) is 12.4 Å². The molecule has 0 saturated heterocycles. The summed E-state index contributed by atoms with van der Waals surface area (Å²) in [7, 11) is 0. The molecule has 0 unspecified atom stereocenters. The molecule has 1 N–H and O–H groups in total. The third-order valence-corrected chi connectivity index (χ3v) is 2.71. The number of fused-ring (bicyclic) bond motifs is 1. The Bertz CT molecular complexity index is 505. The summed E-state index contributed by atoms with van der Waals surface area (Å²) >= 11 is 5.98. The van der Waals surface area contributed by atoms with Crippen LogP contribution in [0.5, 0.6) is 0 Å². The number of hydrogen-bond acceptors (Lipinski definition) is 2. The number of benzene rings is 1. The van der Waals surface area contributed by atoms with Crippen LogP contribution in [-0.4, -0.2) is 14.7 Å². The van der Waals surface area contributed by atoms with Gasteiger partial charge < -0.3 is 9.67 Å². The number of aliphatic hydroxyl groups is 1. The molecule has 16 heavy (non-hydrogen) atoms. The Morgan fingerprint density at radius 3 is 2.81 bits per heavy atom. The van der Waals surface area contributed by atoms with Gasteiger partial charge in [-0.2, -0.15) is 0 Å². The number of halogens is 1. The maximum absolute atomic E-state index is 9.29. The fraction of sp³-hybridized carbons (Fsp3) is 0.417. The topological polar surface area (TPSA) is 38.0 Å². The maximum atomic E-state index is 9.29. The van der Waals surface area contributed by atoms with E-state index in [2.05, 4.69) is 18.8 Å². The molecule has 1 aromatic carbocycles. The average molecular weight is 239 g/mol. The third kappa shape index (κ3) is 2.06. The second-order valence-electron chi connectivity index (χ2n) is 4.32. The van der Waals surface area contributed by atoms with Gasteiger partial charge in [0.05, 0.1) is 11.0 Å². The van der Waals surface area contributed by atoms with Crippen molar-refractivity contribution in [3.8, 4) is 0 Å². The minimum Gasteiger partial charge on any atom is -0.388 e. The molecule has 0 spiro atoms. The molecule has 4 heteroatoms. The number of aromatic nitrogens is 2. The summed E-state index contributed by atoms with van der Waals surface area (Å²) in [6.07, 6.45) is 0. The van der Waals surface area contributed by atoms with Crippen LogP contribution in [0.1, 0.15) is 19.7 Å². The molecule has 1 heterocycles. The summed E-state index contributed by atoms with van der Waals surface area (Å²) in [5.74, 6) is 1.20. The van der Waals surface area contributed by atoms with E-state index in [1.54, 1.807) is 0 Å². The standard InChI is InChI=1S/C12H15ClN2O/c1-8(2)6-15-11-5-9(13)3-4-10(11)14-12(15)7-16/h3-5,8,16H,6-7H2,1-2H3. The predicted molar refractivity (Wildman–Crippen MR) is 65.5 cm³/mol. The van der Waals surface area contributed by atoms with E-state index >= 15 is 0 Å².